The van der Waals surface area contributed by atoms with Gasteiger partial charge in [-0.3, -0.25) is 9.59 Å². The van der Waals surface area contributed by atoms with E-state index >= 15 is 0 Å². The predicted molar refractivity (Wildman–Crippen MR) is 58.2 cm³/mol. The number of carbonyl (C=O) groups excluding carboxylic acids is 2. The molecule has 0 aromatic rings. The van der Waals surface area contributed by atoms with Crippen molar-refractivity contribution in [3.05, 3.63) is 25.3 Å². The van der Waals surface area contributed by atoms with Crippen LogP contribution in [0, 0.1) is 0 Å². The van der Waals surface area contributed by atoms with E-state index in [0.29, 0.717) is 13.1 Å². The zero-order chi connectivity index (χ0) is 11.7. The third-order valence-electron chi connectivity index (χ3n) is 1.65. The quantitative estimate of drug-likeness (QED) is 0.360. The van der Waals surface area contributed by atoms with Gasteiger partial charge in [-0.2, -0.15) is 0 Å². The Morgan fingerprint density at radius 2 is 1.80 bits per heavy atom. The van der Waals surface area contributed by atoms with Gasteiger partial charge in [0.15, 0.2) is 0 Å². The Labute approximate surface area is 90.2 Å². The van der Waals surface area contributed by atoms with Crippen molar-refractivity contribution in [2.24, 2.45) is 0 Å². The molecule has 1 amide bonds. The number of rotatable bonds is 7. The first-order valence-electron chi connectivity index (χ1n) is 4.80. The topological polar surface area (TPSA) is 46.6 Å². The van der Waals surface area contributed by atoms with Gasteiger partial charge in [0, 0.05) is 13.1 Å². The van der Waals surface area contributed by atoms with Crippen molar-refractivity contribution in [3.63, 3.8) is 0 Å². The average molecular weight is 211 g/mol. The molecule has 15 heavy (non-hydrogen) atoms. The minimum atomic E-state index is -0.499. The molecule has 4 heteroatoms. The van der Waals surface area contributed by atoms with Gasteiger partial charge in [-0.15, -0.1) is 13.2 Å². The molecule has 0 N–H and O–H groups in total. The van der Waals surface area contributed by atoms with Crippen LogP contribution in [0.3, 0.4) is 0 Å². The van der Waals surface area contributed by atoms with Crippen molar-refractivity contribution in [1.29, 1.82) is 0 Å². The summed E-state index contributed by atoms with van der Waals surface area (Å²) in [4.78, 5) is 24.1. The van der Waals surface area contributed by atoms with Gasteiger partial charge in [0.1, 0.15) is 6.42 Å². The summed E-state index contributed by atoms with van der Waals surface area (Å²) in [6, 6.07) is 0. The Balaban J connectivity index is 4.17. The van der Waals surface area contributed by atoms with Crippen LogP contribution in [0.1, 0.15) is 13.3 Å². The Morgan fingerprint density at radius 3 is 2.20 bits per heavy atom. The van der Waals surface area contributed by atoms with Gasteiger partial charge < -0.3 is 9.64 Å². The van der Waals surface area contributed by atoms with Gasteiger partial charge in [-0.05, 0) is 6.92 Å². The third kappa shape index (κ3) is 5.67. The molecule has 0 heterocycles. The molecule has 0 atom stereocenters. The van der Waals surface area contributed by atoms with E-state index in [9.17, 15) is 9.59 Å². The molecular weight excluding hydrogens is 194 g/mol. The molecule has 0 saturated heterocycles. The van der Waals surface area contributed by atoms with Gasteiger partial charge in [0.25, 0.3) is 0 Å². The minimum absolute atomic E-state index is 0.227. The predicted octanol–water partition coefficient (Wildman–Crippen LogP) is 1.14. The molecule has 0 spiro atoms. The maximum atomic E-state index is 11.5. The van der Waals surface area contributed by atoms with Crippen LogP contribution in [-0.2, 0) is 14.3 Å². The molecule has 0 rings (SSSR count). The maximum Gasteiger partial charge on any atom is 0.315 e. The fourth-order valence-electron chi connectivity index (χ4n) is 1.04. The first-order valence-corrected chi connectivity index (χ1v) is 4.80. The van der Waals surface area contributed by atoms with Gasteiger partial charge in [0.2, 0.25) is 5.91 Å². The van der Waals surface area contributed by atoms with Gasteiger partial charge in [-0.1, -0.05) is 12.2 Å². The smallest absolute Gasteiger partial charge is 0.315 e. The normalized spacial score (nSPS) is 9.13. The number of amides is 1. The number of nitrogens with zero attached hydrogens (tertiary/aromatic N) is 1. The Bertz CT molecular complexity index is 238. The van der Waals surface area contributed by atoms with Crippen molar-refractivity contribution in [2.75, 3.05) is 19.7 Å². The summed E-state index contributed by atoms with van der Waals surface area (Å²) in [5.41, 5.74) is 0. The van der Waals surface area contributed by atoms with Crippen LogP contribution >= 0.6 is 0 Å². The summed E-state index contributed by atoms with van der Waals surface area (Å²) in [5.74, 6) is -0.770. The highest BCUT2D eigenvalue weighted by Crippen LogP contribution is 1.97. The molecule has 0 saturated carbocycles. The first-order chi connectivity index (χ1) is 7.15. The van der Waals surface area contributed by atoms with Gasteiger partial charge >= 0.3 is 5.97 Å². The van der Waals surface area contributed by atoms with Crippen molar-refractivity contribution >= 4 is 11.9 Å². The maximum absolute atomic E-state index is 11.5. The number of carbonyl (C=O) groups is 2. The van der Waals surface area contributed by atoms with E-state index in [1.54, 1.807) is 19.1 Å². The third-order valence-corrected chi connectivity index (χ3v) is 1.65. The lowest BCUT2D eigenvalue weighted by Crippen LogP contribution is -2.33. The summed E-state index contributed by atoms with van der Waals surface area (Å²) in [6.45, 7) is 9.88. The molecule has 0 unspecified atom stereocenters. The van der Waals surface area contributed by atoms with Crippen molar-refractivity contribution in [1.82, 2.24) is 4.90 Å². The fraction of sp³-hybridized carbons (Fsp3) is 0.455. The minimum Gasteiger partial charge on any atom is -0.466 e. The van der Waals surface area contributed by atoms with Crippen LogP contribution in [0.2, 0.25) is 0 Å². The zero-order valence-corrected chi connectivity index (χ0v) is 9.07. The largest absolute Gasteiger partial charge is 0.466 e. The standard InChI is InChI=1S/C11H17NO3/c1-4-7-12(8-5-2)10(13)9-11(14)15-6-3/h4-5H,1-2,6-9H2,3H3. The summed E-state index contributed by atoms with van der Waals surface area (Å²) in [5, 5.41) is 0. The van der Waals surface area contributed by atoms with Crippen LogP contribution in [-0.4, -0.2) is 36.5 Å². The van der Waals surface area contributed by atoms with E-state index in [4.69, 9.17) is 0 Å². The molecule has 0 aliphatic carbocycles. The lowest BCUT2D eigenvalue weighted by molar-refractivity contribution is -0.148. The second-order valence-corrected chi connectivity index (χ2v) is 2.86. The van der Waals surface area contributed by atoms with Crippen molar-refractivity contribution < 1.29 is 14.3 Å². The SMILES string of the molecule is C=CCN(CC=C)C(=O)CC(=O)OCC. The molecular formula is C11H17NO3. The molecule has 0 radical (unpaired) electrons. The van der Waals surface area contributed by atoms with E-state index in [1.165, 1.54) is 4.90 Å². The fourth-order valence-corrected chi connectivity index (χ4v) is 1.04. The van der Waals surface area contributed by atoms with Crippen LogP contribution in [0.25, 0.3) is 0 Å². The number of hydrogen-bond acceptors (Lipinski definition) is 3. The zero-order valence-electron chi connectivity index (χ0n) is 9.07. The van der Waals surface area contributed by atoms with Crippen LogP contribution in [0.4, 0.5) is 0 Å². The summed E-state index contributed by atoms with van der Waals surface area (Å²) >= 11 is 0. The lowest BCUT2D eigenvalue weighted by Gasteiger charge is -2.18. The molecule has 0 aromatic carbocycles. The summed E-state index contributed by atoms with van der Waals surface area (Å²) in [6.07, 6.45) is 2.98. The van der Waals surface area contributed by atoms with Gasteiger partial charge in [0.05, 0.1) is 6.61 Å². The van der Waals surface area contributed by atoms with Crippen LogP contribution in [0.15, 0.2) is 25.3 Å². The number of hydrogen-bond donors (Lipinski definition) is 0. The highest BCUT2D eigenvalue weighted by molar-refractivity contribution is 5.94. The second kappa shape index (κ2) is 7.79. The van der Waals surface area contributed by atoms with E-state index in [-0.39, 0.29) is 18.9 Å². The highest BCUT2D eigenvalue weighted by Gasteiger charge is 2.15. The second-order valence-electron chi connectivity index (χ2n) is 2.86. The van der Waals surface area contributed by atoms with E-state index in [1.807, 2.05) is 0 Å². The van der Waals surface area contributed by atoms with Crippen LogP contribution in [0.5, 0.6) is 0 Å². The Hall–Kier alpha value is -1.58. The highest BCUT2D eigenvalue weighted by atomic mass is 16.5. The Kier molecular flexibility index (Phi) is 6.97. The van der Waals surface area contributed by atoms with Crippen molar-refractivity contribution in [2.45, 2.75) is 13.3 Å². The molecule has 84 valence electrons. The van der Waals surface area contributed by atoms with E-state index < -0.39 is 5.97 Å². The molecule has 0 bridgehead atoms. The summed E-state index contributed by atoms with van der Waals surface area (Å²) < 4.78 is 4.68. The van der Waals surface area contributed by atoms with Crippen LogP contribution < -0.4 is 0 Å². The van der Waals surface area contributed by atoms with Gasteiger partial charge in [-0.25, -0.2) is 0 Å². The first kappa shape index (κ1) is 13.4. The number of ether oxygens (including phenoxy) is 1. The molecule has 0 fully saturated rings. The monoisotopic (exact) mass is 211 g/mol. The molecule has 0 aliphatic rings. The Morgan fingerprint density at radius 1 is 1.27 bits per heavy atom. The lowest BCUT2D eigenvalue weighted by atomic mass is 10.3. The molecule has 0 aromatic heterocycles. The summed E-state index contributed by atoms with van der Waals surface area (Å²) in [7, 11) is 0. The average Bonchev–Trinajstić information content (AvgIpc) is 2.17. The molecule has 0 aliphatic heterocycles. The van der Waals surface area contributed by atoms with E-state index in [2.05, 4.69) is 17.9 Å². The number of esters is 1. The van der Waals surface area contributed by atoms with Crippen molar-refractivity contribution in [3.8, 4) is 0 Å². The molecule has 4 nitrogen and oxygen atoms in total. The van der Waals surface area contributed by atoms with E-state index in [0.717, 1.165) is 0 Å².